The van der Waals surface area contributed by atoms with Crippen molar-refractivity contribution >= 4 is 16.9 Å². The molecule has 0 atom stereocenters. The lowest BCUT2D eigenvalue weighted by molar-refractivity contribution is -0.107. The Morgan fingerprint density at radius 3 is 2.69 bits per heavy atom. The van der Waals surface area contributed by atoms with E-state index in [2.05, 4.69) is 0 Å². The Morgan fingerprint density at radius 2 is 2.08 bits per heavy atom. The molecule has 0 bridgehead atoms. The smallest absolute Gasteiger partial charge is 0.216 e. The molecule has 0 saturated carbocycles. The lowest BCUT2D eigenvalue weighted by Crippen LogP contribution is -1.86. The number of hydrogen-bond acceptors (Lipinski definition) is 2. The molecule has 0 aliphatic carbocycles. The van der Waals surface area contributed by atoms with Crippen LogP contribution in [0.4, 0.5) is 0 Å². The quantitative estimate of drug-likeness (QED) is 0.528. The predicted octanol–water partition coefficient (Wildman–Crippen LogP) is 3.19. The highest BCUT2D eigenvalue weighted by Gasteiger charge is 2.01. The predicted molar refractivity (Wildman–Crippen MR) is 56.9 cm³/mol. The molecule has 1 nitrogen and oxygen atoms in total. The molecule has 0 aliphatic heterocycles. The topological polar surface area (TPSA) is 17.1 Å². The Balaban J connectivity index is 2.74. The number of carbonyl (C=O) groups excluding carboxylic acids is 1. The van der Waals surface area contributed by atoms with E-state index < -0.39 is 0 Å². The summed E-state index contributed by atoms with van der Waals surface area (Å²) in [5.74, 6) is 0. The van der Waals surface area contributed by atoms with Crippen molar-refractivity contribution in [2.24, 2.45) is 0 Å². The molecule has 68 valence electrons. The van der Waals surface area contributed by atoms with Crippen LogP contribution in [0.15, 0.2) is 41.3 Å². The number of benzene rings is 1. The van der Waals surface area contributed by atoms with E-state index in [0.717, 1.165) is 10.5 Å². The maximum absolute atomic E-state index is 11.2. The fourth-order valence-electron chi connectivity index (χ4n) is 0.949. The SMILES string of the molecule is C/C=C/C(=O)Sc1ccccc1C. The summed E-state index contributed by atoms with van der Waals surface area (Å²) >= 11 is 1.27. The highest BCUT2D eigenvalue weighted by Crippen LogP contribution is 2.22. The average molecular weight is 192 g/mol. The minimum atomic E-state index is 0.0804. The molecule has 0 N–H and O–H groups in total. The van der Waals surface area contributed by atoms with E-state index in [9.17, 15) is 4.79 Å². The van der Waals surface area contributed by atoms with Crippen molar-refractivity contribution in [2.75, 3.05) is 0 Å². The summed E-state index contributed by atoms with van der Waals surface area (Å²) in [7, 11) is 0. The molecule has 0 spiro atoms. The van der Waals surface area contributed by atoms with Gasteiger partial charge in [-0.1, -0.05) is 24.3 Å². The molecule has 0 fully saturated rings. The average Bonchev–Trinajstić information content (AvgIpc) is 2.09. The van der Waals surface area contributed by atoms with Gasteiger partial charge in [-0.2, -0.15) is 0 Å². The number of allylic oxidation sites excluding steroid dienone is 1. The van der Waals surface area contributed by atoms with E-state index in [0.29, 0.717) is 0 Å². The Hall–Kier alpha value is -1.02. The van der Waals surface area contributed by atoms with Crippen LogP contribution in [0.5, 0.6) is 0 Å². The zero-order valence-electron chi connectivity index (χ0n) is 7.78. The van der Waals surface area contributed by atoms with Gasteiger partial charge in [0.15, 0.2) is 0 Å². The highest BCUT2D eigenvalue weighted by atomic mass is 32.2. The first kappa shape index (κ1) is 10.1. The molecule has 1 rings (SSSR count). The zero-order chi connectivity index (χ0) is 9.68. The molecule has 0 radical (unpaired) electrons. The minimum Gasteiger partial charge on any atom is -0.282 e. The molecule has 0 amide bonds. The van der Waals surface area contributed by atoms with Crippen molar-refractivity contribution in [3.8, 4) is 0 Å². The van der Waals surface area contributed by atoms with Gasteiger partial charge in [0.05, 0.1) is 0 Å². The van der Waals surface area contributed by atoms with Crippen molar-refractivity contribution in [1.29, 1.82) is 0 Å². The van der Waals surface area contributed by atoms with Crippen molar-refractivity contribution in [3.05, 3.63) is 42.0 Å². The third-order valence-corrected chi connectivity index (χ3v) is 2.62. The Morgan fingerprint density at radius 1 is 1.38 bits per heavy atom. The first-order valence-electron chi connectivity index (χ1n) is 4.14. The normalized spacial score (nSPS) is 10.6. The molecule has 0 saturated heterocycles. The lowest BCUT2D eigenvalue weighted by Gasteiger charge is -2.00. The van der Waals surface area contributed by atoms with Gasteiger partial charge in [0, 0.05) is 4.90 Å². The van der Waals surface area contributed by atoms with Gasteiger partial charge < -0.3 is 0 Å². The van der Waals surface area contributed by atoms with Gasteiger partial charge in [-0.25, -0.2) is 0 Å². The zero-order valence-corrected chi connectivity index (χ0v) is 8.60. The first-order valence-corrected chi connectivity index (χ1v) is 4.96. The fraction of sp³-hybridized carbons (Fsp3) is 0.182. The van der Waals surface area contributed by atoms with E-state index in [1.807, 2.05) is 38.1 Å². The van der Waals surface area contributed by atoms with Crippen molar-refractivity contribution in [2.45, 2.75) is 18.7 Å². The van der Waals surface area contributed by atoms with E-state index in [-0.39, 0.29) is 5.12 Å². The maximum atomic E-state index is 11.2. The van der Waals surface area contributed by atoms with Crippen LogP contribution >= 0.6 is 11.8 Å². The summed E-state index contributed by atoms with van der Waals surface area (Å²) in [6, 6.07) is 7.88. The number of rotatable bonds is 2. The van der Waals surface area contributed by atoms with E-state index >= 15 is 0 Å². The summed E-state index contributed by atoms with van der Waals surface area (Å²) < 4.78 is 0. The molecule has 2 heteroatoms. The molecular formula is C11H12OS. The van der Waals surface area contributed by atoms with E-state index in [1.54, 1.807) is 12.2 Å². The van der Waals surface area contributed by atoms with Crippen LogP contribution in [-0.4, -0.2) is 5.12 Å². The first-order chi connectivity index (χ1) is 6.24. The molecule has 1 aromatic carbocycles. The van der Waals surface area contributed by atoms with Crippen LogP contribution in [0.1, 0.15) is 12.5 Å². The summed E-state index contributed by atoms with van der Waals surface area (Å²) in [5, 5.41) is 0.0804. The Bertz CT molecular complexity index is 329. The van der Waals surface area contributed by atoms with Crippen molar-refractivity contribution in [1.82, 2.24) is 0 Å². The van der Waals surface area contributed by atoms with Gasteiger partial charge in [0.25, 0.3) is 0 Å². The van der Waals surface area contributed by atoms with E-state index in [4.69, 9.17) is 0 Å². The molecule has 0 heterocycles. The maximum Gasteiger partial charge on any atom is 0.216 e. The second-order valence-electron chi connectivity index (χ2n) is 2.69. The molecule has 0 aliphatic rings. The number of aryl methyl sites for hydroxylation is 1. The molecule has 13 heavy (non-hydrogen) atoms. The summed E-state index contributed by atoms with van der Waals surface area (Å²) in [6.45, 7) is 3.85. The standard InChI is InChI=1S/C11H12OS/c1-3-6-11(12)13-10-8-5-4-7-9(10)2/h3-8H,1-2H3/b6-3+. The lowest BCUT2D eigenvalue weighted by atomic mass is 10.2. The number of hydrogen-bond donors (Lipinski definition) is 0. The number of thioether (sulfide) groups is 1. The van der Waals surface area contributed by atoms with Gasteiger partial charge in [-0.05, 0) is 43.3 Å². The molecule has 0 aromatic heterocycles. The summed E-state index contributed by atoms with van der Waals surface area (Å²) in [6.07, 6.45) is 3.34. The Labute approximate surface area is 82.9 Å². The van der Waals surface area contributed by atoms with Crippen LogP contribution in [0.3, 0.4) is 0 Å². The molecule has 1 aromatic rings. The number of carbonyl (C=O) groups is 1. The van der Waals surface area contributed by atoms with Gasteiger partial charge in [-0.3, -0.25) is 4.79 Å². The van der Waals surface area contributed by atoms with Gasteiger partial charge in [0.1, 0.15) is 0 Å². The summed E-state index contributed by atoms with van der Waals surface area (Å²) in [5.41, 5.74) is 1.14. The molecule has 0 unspecified atom stereocenters. The molecular weight excluding hydrogens is 180 g/mol. The van der Waals surface area contributed by atoms with E-state index in [1.165, 1.54) is 11.8 Å². The van der Waals surface area contributed by atoms with Gasteiger partial charge in [0.2, 0.25) is 5.12 Å². The van der Waals surface area contributed by atoms with Crippen molar-refractivity contribution < 1.29 is 4.79 Å². The van der Waals surface area contributed by atoms with Crippen LogP contribution in [-0.2, 0) is 4.79 Å². The van der Waals surface area contributed by atoms with Crippen LogP contribution in [0.25, 0.3) is 0 Å². The minimum absolute atomic E-state index is 0.0804. The van der Waals surface area contributed by atoms with Gasteiger partial charge in [-0.15, -0.1) is 0 Å². The third kappa shape index (κ3) is 3.07. The largest absolute Gasteiger partial charge is 0.282 e. The third-order valence-electron chi connectivity index (χ3n) is 1.61. The monoisotopic (exact) mass is 192 g/mol. The Kier molecular flexibility index (Phi) is 3.77. The van der Waals surface area contributed by atoms with Gasteiger partial charge >= 0.3 is 0 Å². The fourth-order valence-corrected chi connectivity index (χ4v) is 1.75. The van der Waals surface area contributed by atoms with Crippen LogP contribution in [0, 0.1) is 6.92 Å². The van der Waals surface area contributed by atoms with Crippen LogP contribution in [0.2, 0.25) is 0 Å². The highest BCUT2D eigenvalue weighted by molar-refractivity contribution is 8.14. The second-order valence-corrected chi connectivity index (χ2v) is 3.73. The van der Waals surface area contributed by atoms with Crippen LogP contribution < -0.4 is 0 Å². The summed E-state index contributed by atoms with van der Waals surface area (Å²) in [4.78, 5) is 12.3. The van der Waals surface area contributed by atoms with Crippen molar-refractivity contribution in [3.63, 3.8) is 0 Å². The second kappa shape index (κ2) is 4.87.